The highest BCUT2D eigenvalue weighted by Crippen LogP contribution is 2.55. The highest BCUT2D eigenvalue weighted by molar-refractivity contribution is 5.82. The molecular weight excluding hydrogens is 232 g/mol. The lowest BCUT2D eigenvalue weighted by Gasteiger charge is -2.44. The van der Waals surface area contributed by atoms with Crippen molar-refractivity contribution in [2.75, 3.05) is 0 Å². The summed E-state index contributed by atoms with van der Waals surface area (Å²) in [7, 11) is 0. The molecule has 3 aliphatic rings. The van der Waals surface area contributed by atoms with E-state index in [2.05, 4.69) is 48.5 Å². The fourth-order valence-corrected chi connectivity index (χ4v) is 4.04. The Morgan fingerprint density at radius 2 is 1.37 bits per heavy atom. The summed E-state index contributed by atoms with van der Waals surface area (Å²) in [5.41, 5.74) is 5.61. The van der Waals surface area contributed by atoms with E-state index in [-0.39, 0.29) is 11.8 Å². The third-order valence-corrected chi connectivity index (χ3v) is 4.83. The van der Waals surface area contributed by atoms with Gasteiger partial charge in [0, 0.05) is 17.8 Å². The van der Waals surface area contributed by atoms with Gasteiger partial charge in [-0.3, -0.25) is 4.79 Å². The molecule has 0 fully saturated rings. The second-order valence-electron chi connectivity index (χ2n) is 5.74. The van der Waals surface area contributed by atoms with E-state index in [0.29, 0.717) is 11.7 Å². The topological polar surface area (TPSA) is 17.1 Å². The maximum atomic E-state index is 12.0. The highest BCUT2D eigenvalue weighted by atomic mass is 16.1. The van der Waals surface area contributed by atoms with Crippen molar-refractivity contribution >= 4 is 5.78 Å². The maximum absolute atomic E-state index is 12.0. The van der Waals surface area contributed by atoms with E-state index in [1.54, 1.807) is 6.92 Å². The van der Waals surface area contributed by atoms with Gasteiger partial charge in [0.1, 0.15) is 5.78 Å². The van der Waals surface area contributed by atoms with Crippen LogP contribution in [0.3, 0.4) is 0 Å². The number of ketones is 1. The van der Waals surface area contributed by atoms with Crippen LogP contribution in [0, 0.1) is 5.92 Å². The van der Waals surface area contributed by atoms with Gasteiger partial charge in [0.05, 0.1) is 0 Å². The monoisotopic (exact) mass is 248 g/mol. The van der Waals surface area contributed by atoms with Crippen LogP contribution < -0.4 is 0 Å². The summed E-state index contributed by atoms with van der Waals surface area (Å²) < 4.78 is 0. The van der Waals surface area contributed by atoms with E-state index in [1.165, 1.54) is 22.3 Å². The molecular formula is C18H16O. The predicted molar refractivity (Wildman–Crippen MR) is 75.4 cm³/mol. The first-order valence-electron chi connectivity index (χ1n) is 6.95. The summed E-state index contributed by atoms with van der Waals surface area (Å²) in [4.78, 5) is 12.0. The van der Waals surface area contributed by atoms with Crippen molar-refractivity contribution in [2.24, 2.45) is 5.92 Å². The lowest BCUT2D eigenvalue weighted by Crippen LogP contribution is -2.35. The lowest BCUT2D eigenvalue weighted by atomic mass is 9.58. The molecule has 2 aromatic rings. The summed E-state index contributed by atoms with van der Waals surface area (Å²) in [5.74, 6) is 1.18. The molecule has 5 rings (SSSR count). The minimum atomic E-state index is 0.162. The van der Waals surface area contributed by atoms with Gasteiger partial charge in [0.2, 0.25) is 0 Å². The number of rotatable bonds is 1. The molecule has 0 aromatic heterocycles. The van der Waals surface area contributed by atoms with Crippen LogP contribution >= 0.6 is 0 Å². The van der Waals surface area contributed by atoms with Gasteiger partial charge < -0.3 is 0 Å². The van der Waals surface area contributed by atoms with Gasteiger partial charge in [-0.15, -0.1) is 0 Å². The molecule has 0 spiro atoms. The SMILES string of the molecule is CC(=O)[C@H]1CC2c3ccccc3C1c1ccccc12. The third kappa shape index (κ3) is 1.39. The van der Waals surface area contributed by atoms with Crippen molar-refractivity contribution in [3.8, 4) is 0 Å². The molecule has 0 N–H and O–H groups in total. The smallest absolute Gasteiger partial charge is 0.133 e. The summed E-state index contributed by atoms with van der Waals surface area (Å²) in [6, 6.07) is 17.3. The van der Waals surface area contributed by atoms with Gasteiger partial charge in [0.15, 0.2) is 0 Å². The van der Waals surface area contributed by atoms with Crippen molar-refractivity contribution in [1.82, 2.24) is 0 Å². The van der Waals surface area contributed by atoms with Crippen LogP contribution in [0.25, 0.3) is 0 Å². The fraction of sp³-hybridized carbons (Fsp3) is 0.278. The Labute approximate surface area is 113 Å². The fourth-order valence-electron chi connectivity index (χ4n) is 4.04. The van der Waals surface area contributed by atoms with Crippen LogP contribution in [-0.2, 0) is 4.79 Å². The average Bonchev–Trinajstić information content (AvgIpc) is 2.47. The Bertz CT molecular complexity index is 623. The van der Waals surface area contributed by atoms with E-state index >= 15 is 0 Å². The summed E-state index contributed by atoms with van der Waals surface area (Å²) >= 11 is 0. The number of carbonyl (C=O) groups is 1. The van der Waals surface area contributed by atoms with Crippen molar-refractivity contribution < 1.29 is 4.79 Å². The first-order valence-corrected chi connectivity index (χ1v) is 6.95. The Hall–Kier alpha value is -1.89. The van der Waals surface area contributed by atoms with Crippen LogP contribution in [-0.4, -0.2) is 5.78 Å². The zero-order valence-electron chi connectivity index (χ0n) is 11.0. The second kappa shape index (κ2) is 3.80. The molecule has 0 radical (unpaired) electrons. The number of hydrogen-bond donors (Lipinski definition) is 0. The van der Waals surface area contributed by atoms with Gasteiger partial charge in [0.25, 0.3) is 0 Å². The van der Waals surface area contributed by atoms with Gasteiger partial charge >= 0.3 is 0 Å². The molecule has 0 aliphatic heterocycles. The molecule has 19 heavy (non-hydrogen) atoms. The molecule has 0 saturated carbocycles. The number of fused-ring (bicyclic) bond motifs is 1. The Balaban J connectivity index is 2.01. The molecule has 0 heterocycles. The van der Waals surface area contributed by atoms with Crippen LogP contribution in [0.15, 0.2) is 48.5 Å². The number of carbonyl (C=O) groups excluding carboxylic acids is 1. The molecule has 2 bridgehead atoms. The quantitative estimate of drug-likeness (QED) is 0.748. The standard InChI is InChI=1S/C18H16O/c1-11(19)16-10-17-12-6-2-4-8-14(12)18(16)15-9-5-3-7-13(15)17/h2-9,16-18H,10H2,1H3/t16-,17?,18?/m1/s1. The van der Waals surface area contributed by atoms with Crippen LogP contribution in [0.1, 0.15) is 47.4 Å². The molecule has 0 saturated heterocycles. The van der Waals surface area contributed by atoms with Gasteiger partial charge in [-0.1, -0.05) is 48.5 Å². The van der Waals surface area contributed by atoms with Crippen LogP contribution in [0.2, 0.25) is 0 Å². The minimum Gasteiger partial charge on any atom is -0.300 e. The molecule has 1 nitrogen and oxygen atoms in total. The lowest BCUT2D eigenvalue weighted by molar-refractivity contribution is -0.121. The van der Waals surface area contributed by atoms with Crippen molar-refractivity contribution in [2.45, 2.75) is 25.2 Å². The number of hydrogen-bond acceptors (Lipinski definition) is 1. The Morgan fingerprint density at radius 3 is 1.84 bits per heavy atom. The van der Waals surface area contributed by atoms with Crippen molar-refractivity contribution in [1.29, 1.82) is 0 Å². The van der Waals surface area contributed by atoms with E-state index < -0.39 is 0 Å². The van der Waals surface area contributed by atoms with E-state index in [9.17, 15) is 4.79 Å². The Kier molecular flexibility index (Phi) is 2.20. The molecule has 2 aromatic carbocycles. The molecule has 94 valence electrons. The van der Waals surface area contributed by atoms with Crippen LogP contribution in [0.5, 0.6) is 0 Å². The predicted octanol–water partition coefficient (Wildman–Crippen LogP) is 3.87. The van der Waals surface area contributed by atoms with Crippen molar-refractivity contribution in [3.63, 3.8) is 0 Å². The van der Waals surface area contributed by atoms with Gasteiger partial charge in [-0.05, 0) is 35.6 Å². The molecule has 0 unspecified atom stereocenters. The van der Waals surface area contributed by atoms with Gasteiger partial charge in [-0.2, -0.15) is 0 Å². The minimum absolute atomic E-state index is 0.162. The second-order valence-corrected chi connectivity index (χ2v) is 5.74. The molecule has 0 amide bonds. The summed E-state index contributed by atoms with van der Waals surface area (Å²) in [6.45, 7) is 1.75. The molecule has 1 heteroatoms. The van der Waals surface area contributed by atoms with Gasteiger partial charge in [-0.25, -0.2) is 0 Å². The normalized spacial score (nSPS) is 26.7. The largest absolute Gasteiger partial charge is 0.300 e. The van der Waals surface area contributed by atoms with Crippen molar-refractivity contribution in [3.05, 3.63) is 70.8 Å². The Morgan fingerprint density at radius 1 is 0.895 bits per heavy atom. The summed E-state index contributed by atoms with van der Waals surface area (Å²) in [5, 5.41) is 0. The van der Waals surface area contributed by atoms with E-state index in [4.69, 9.17) is 0 Å². The van der Waals surface area contributed by atoms with E-state index in [1.807, 2.05) is 0 Å². The average molecular weight is 248 g/mol. The number of benzene rings is 2. The molecule has 1 atom stereocenters. The molecule has 3 aliphatic carbocycles. The highest BCUT2D eigenvalue weighted by Gasteiger charge is 2.44. The third-order valence-electron chi connectivity index (χ3n) is 4.83. The summed E-state index contributed by atoms with van der Waals surface area (Å²) in [6.07, 6.45) is 0.980. The number of Topliss-reactive ketones (excluding diaryl/α,β-unsaturated/α-hetero) is 1. The van der Waals surface area contributed by atoms with Crippen LogP contribution in [0.4, 0.5) is 0 Å². The van der Waals surface area contributed by atoms with E-state index in [0.717, 1.165) is 6.42 Å². The zero-order chi connectivity index (χ0) is 13.0. The first kappa shape index (κ1) is 11.0. The maximum Gasteiger partial charge on any atom is 0.133 e. The zero-order valence-corrected chi connectivity index (χ0v) is 11.0. The first-order chi connectivity index (χ1) is 9.27.